The Hall–Kier alpha value is -9.38. The Bertz CT molecular complexity index is 4480. The number of rotatable bonds is 8. The lowest BCUT2D eigenvalue weighted by atomic mass is 9.82. The van der Waals surface area contributed by atoms with Gasteiger partial charge in [0, 0.05) is 49.3 Å². The van der Waals surface area contributed by atoms with Gasteiger partial charge in [0.05, 0.1) is 22.4 Å². The molecule has 2 aromatic heterocycles. The Balaban J connectivity index is 0.897. The van der Waals surface area contributed by atoms with E-state index in [4.69, 9.17) is 21.0 Å². The lowest BCUT2D eigenvalue weighted by Gasteiger charge is -2.22. The van der Waals surface area contributed by atoms with Gasteiger partial charge in [0.15, 0.2) is 5.84 Å². The first-order valence-electron chi connectivity index (χ1n) is 26.3. The topological polar surface area (TPSA) is 42.8 Å². The van der Waals surface area contributed by atoms with Crippen LogP contribution in [0.15, 0.2) is 251 Å². The highest BCUT2D eigenvalue weighted by Crippen LogP contribution is 2.50. The molecule has 0 atom stereocenters. The Morgan fingerprint density at radius 3 is 1.97 bits per heavy atom. The van der Waals surface area contributed by atoms with E-state index in [-0.39, 0.29) is 5.41 Å². The number of fused-ring (bicyclic) bond motifs is 9. The maximum Gasteiger partial charge on any atom is 0.160 e. The van der Waals surface area contributed by atoms with Crippen molar-refractivity contribution in [2.45, 2.75) is 39.5 Å². The Morgan fingerprint density at radius 2 is 1.14 bits per heavy atom. The molecule has 12 aromatic rings. The number of nitrogens with zero attached hydrogens (tertiary/aromatic N) is 3. The van der Waals surface area contributed by atoms with E-state index in [0.717, 1.165) is 73.2 Å². The van der Waals surface area contributed by atoms with E-state index in [1.165, 1.54) is 83.1 Å². The van der Waals surface area contributed by atoms with Crippen LogP contribution in [-0.2, 0) is 11.8 Å². The van der Waals surface area contributed by atoms with Crippen molar-refractivity contribution in [2.75, 3.05) is 0 Å². The molecule has 76 heavy (non-hydrogen) atoms. The van der Waals surface area contributed by atoms with Crippen LogP contribution in [0, 0.1) is 13.8 Å². The van der Waals surface area contributed by atoms with E-state index in [1.807, 2.05) is 18.2 Å². The van der Waals surface area contributed by atoms with Crippen molar-refractivity contribution in [3.05, 3.63) is 287 Å². The molecule has 0 saturated heterocycles. The van der Waals surface area contributed by atoms with Crippen molar-refractivity contribution in [1.82, 2.24) is 4.57 Å². The molecule has 4 heteroatoms. The number of aliphatic imine (C=N–C) groups is 2. The third-order valence-corrected chi connectivity index (χ3v) is 16.2. The minimum Gasteiger partial charge on any atom is -0.455 e. The van der Waals surface area contributed by atoms with Gasteiger partial charge in [-0.15, -0.1) is 0 Å². The van der Waals surface area contributed by atoms with Crippen LogP contribution < -0.4 is 0 Å². The number of allylic oxidation sites excluding steroid dienone is 2. The Morgan fingerprint density at radius 1 is 0.487 bits per heavy atom. The van der Waals surface area contributed by atoms with Crippen LogP contribution in [0.5, 0.6) is 0 Å². The van der Waals surface area contributed by atoms with E-state index in [9.17, 15) is 0 Å². The number of benzene rings is 10. The average Bonchev–Trinajstić information content (AvgIpc) is 4.11. The van der Waals surface area contributed by atoms with Gasteiger partial charge in [-0.2, -0.15) is 0 Å². The standard InChI is InChI=1S/C72H53N3O/c1-44-18-9-10-21-53(44)54-38-39-66-68(60-24-12-15-28-65(60)75(66)52-36-37-56-55-22-11-14-27-62(55)72(4,5)63(56)43-52)61(54)42-50-34-35-51(40-45(50)2)69-46(3)41-64(59-26-17-25-58-57-23-13-16-29-67(57)76-70(58)59)73-71(74-69)49-32-30-48(31-33-49)47-19-7-6-8-20-47/h6-41,43H,3,42H2,1-2,4-5H3. The second-order valence-corrected chi connectivity index (χ2v) is 21.0. The van der Waals surface area contributed by atoms with Crippen LogP contribution in [0.3, 0.4) is 0 Å². The van der Waals surface area contributed by atoms with Gasteiger partial charge in [0.2, 0.25) is 0 Å². The van der Waals surface area contributed by atoms with Gasteiger partial charge in [-0.25, -0.2) is 9.98 Å². The molecule has 0 spiro atoms. The molecule has 0 radical (unpaired) electrons. The van der Waals surface area contributed by atoms with Gasteiger partial charge in [0.25, 0.3) is 0 Å². The van der Waals surface area contributed by atoms with Crippen molar-refractivity contribution in [2.24, 2.45) is 9.98 Å². The summed E-state index contributed by atoms with van der Waals surface area (Å²) in [6.07, 6.45) is 2.80. The predicted octanol–water partition coefficient (Wildman–Crippen LogP) is 18.4. The SMILES string of the molecule is C=C1C=C(c2cccc3c2oc2ccccc23)N=C(c2ccc(-c3ccccc3)cc2)N=C1c1ccc(Cc2c(-c3ccccc3C)ccc3c2c2ccccc2n3-c2ccc3c(c2)C(C)(C)c2ccccc2-3)c(C)c1. The van der Waals surface area contributed by atoms with Crippen molar-refractivity contribution in [3.63, 3.8) is 0 Å². The maximum atomic E-state index is 6.58. The molecule has 0 fully saturated rings. The fourth-order valence-electron chi connectivity index (χ4n) is 12.3. The summed E-state index contributed by atoms with van der Waals surface area (Å²) in [5, 5.41) is 4.64. The monoisotopic (exact) mass is 975 g/mol. The lowest BCUT2D eigenvalue weighted by Crippen LogP contribution is -2.15. The zero-order chi connectivity index (χ0) is 51.2. The number of hydrogen-bond donors (Lipinski definition) is 0. The molecular weight excluding hydrogens is 923 g/mol. The highest BCUT2D eigenvalue weighted by Gasteiger charge is 2.35. The van der Waals surface area contributed by atoms with Gasteiger partial charge in [-0.3, -0.25) is 0 Å². The van der Waals surface area contributed by atoms with E-state index in [1.54, 1.807) is 0 Å². The number of aryl methyl sites for hydroxylation is 2. The quantitative estimate of drug-likeness (QED) is 0.150. The molecule has 14 rings (SSSR count). The second-order valence-electron chi connectivity index (χ2n) is 21.0. The van der Waals surface area contributed by atoms with Crippen molar-refractivity contribution in [1.29, 1.82) is 0 Å². The summed E-state index contributed by atoms with van der Waals surface area (Å²) >= 11 is 0. The molecule has 0 amide bonds. The van der Waals surface area contributed by atoms with Crippen molar-refractivity contribution >= 4 is 61.0 Å². The van der Waals surface area contributed by atoms with Crippen LogP contribution in [0.25, 0.3) is 88.5 Å². The molecule has 0 unspecified atom stereocenters. The average molecular weight is 976 g/mol. The third-order valence-electron chi connectivity index (χ3n) is 16.2. The smallest absolute Gasteiger partial charge is 0.160 e. The summed E-state index contributed by atoms with van der Waals surface area (Å²) in [6.45, 7) is 13.9. The predicted molar refractivity (Wildman–Crippen MR) is 318 cm³/mol. The molecule has 3 heterocycles. The Labute approximate surface area is 443 Å². The molecule has 1 aliphatic heterocycles. The van der Waals surface area contributed by atoms with E-state index < -0.39 is 0 Å². The molecule has 4 nitrogen and oxygen atoms in total. The molecule has 0 N–H and O–H groups in total. The molecule has 2 aliphatic rings. The highest BCUT2D eigenvalue weighted by atomic mass is 16.3. The van der Waals surface area contributed by atoms with Crippen LogP contribution in [-0.4, -0.2) is 16.1 Å². The van der Waals surface area contributed by atoms with Gasteiger partial charge in [-0.1, -0.05) is 196 Å². The summed E-state index contributed by atoms with van der Waals surface area (Å²) in [6, 6.07) is 78.8. The minimum atomic E-state index is -0.118. The molecule has 0 saturated carbocycles. The molecular formula is C72H53N3O. The second kappa shape index (κ2) is 17.6. The molecule has 0 bridgehead atoms. The molecule has 1 aliphatic carbocycles. The summed E-state index contributed by atoms with van der Waals surface area (Å²) in [5.41, 5.74) is 25.3. The number of amidine groups is 1. The van der Waals surface area contributed by atoms with Crippen LogP contribution >= 0.6 is 0 Å². The zero-order valence-corrected chi connectivity index (χ0v) is 43.0. The lowest BCUT2D eigenvalue weighted by molar-refractivity contribution is 0.660. The van der Waals surface area contributed by atoms with E-state index in [0.29, 0.717) is 5.84 Å². The first-order valence-corrected chi connectivity index (χ1v) is 26.3. The third kappa shape index (κ3) is 7.27. The highest BCUT2D eigenvalue weighted by molar-refractivity contribution is 6.23. The van der Waals surface area contributed by atoms with Crippen molar-refractivity contribution < 1.29 is 4.42 Å². The van der Waals surface area contributed by atoms with E-state index in [2.05, 4.69) is 239 Å². The van der Waals surface area contributed by atoms with Crippen LogP contribution in [0.2, 0.25) is 0 Å². The summed E-state index contributed by atoms with van der Waals surface area (Å²) in [5.74, 6) is 0.608. The molecule has 362 valence electrons. The Kier molecular flexibility index (Phi) is 10.5. The van der Waals surface area contributed by atoms with Gasteiger partial charge < -0.3 is 8.98 Å². The first kappa shape index (κ1) is 45.3. The fourth-order valence-corrected chi connectivity index (χ4v) is 12.3. The summed E-state index contributed by atoms with van der Waals surface area (Å²) in [7, 11) is 0. The summed E-state index contributed by atoms with van der Waals surface area (Å²) < 4.78 is 9.07. The van der Waals surface area contributed by atoms with Gasteiger partial charge >= 0.3 is 0 Å². The first-order chi connectivity index (χ1) is 37.2. The summed E-state index contributed by atoms with van der Waals surface area (Å²) in [4.78, 5) is 10.8. The van der Waals surface area contributed by atoms with Gasteiger partial charge in [-0.05, 0) is 141 Å². The zero-order valence-electron chi connectivity index (χ0n) is 43.0. The van der Waals surface area contributed by atoms with Crippen LogP contribution in [0.4, 0.5) is 0 Å². The number of hydrogen-bond acceptors (Lipinski definition) is 3. The minimum absolute atomic E-state index is 0.118. The van der Waals surface area contributed by atoms with Crippen molar-refractivity contribution in [3.8, 4) is 39.1 Å². The maximum absolute atomic E-state index is 6.58. The number of para-hydroxylation sites is 3. The molecule has 10 aromatic carbocycles. The number of aromatic nitrogens is 1. The fraction of sp³-hybridized carbons (Fsp3) is 0.0833. The normalized spacial score (nSPS) is 13.9. The number of furan rings is 1. The largest absolute Gasteiger partial charge is 0.455 e. The van der Waals surface area contributed by atoms with E-state index >= 15 is 0 Å². The van der Waals surface area contributed by atoms with Gasteiger partial charge in [0.1, 0.15) is 11.2 Å². The van der Waals surface area contributed by atoms with Crippen LogP contribution in [0.1, 0.15) is 63.9 Å².